The van der Waals surface area contributed by atoms with Gasteiger partial charge in [-0.2, -0.15) is 0 Å². The number of nitrogens with zero attached hydrogens (tertiary/aromatic N) is 1. The monoisotopic (exact) mass is 305 g/mol. The van der Waals surface area contributed by atoms with Crippen LogP contribution in [0, 0.1) is 6.92 Å². The van der Waals surface area contributed by atoms with Crippen LogP contribution in [0.1, 0.15) is 21.4 Å². The van der Waals surface area contributed by atoms with Crippen LogP contribution in [0.3, 0.4) is 0 Å². The second kappa shape index (κ2) is 5.57. The number of hydrogen-bond donors (Lipinski definition) is 0. The van der Waals surface area contributed by atoms with Crippen molar-refractivity contribution in [2.24, 2.45) is 0 Å². The van der Waals surface area contributed by atoms with Crippen LogP contribution in [-0.2, 0) is 6.42 Å². The van der Waals surface area contributed by atoms with Gasteiger partial charge in [0.1, 0.15) is 0 Å². The smallest absolute Gasteiger partial charge is 0.0734 e. The van der Waals surface area contributed by atoms with E-state index >= 15 is 0 Å². The maximum atomic E-state index is 6.38. The first kappa shape index (κ1) is 13.2. The highest BCUT2D eigenvalue weighted by Gasteiger charge is 2.17. The molecule has 0 saturated carbocycles. The van der Waals surface area contributed by atoms with Gasteiger partial charge >= 0.3 is 0 Å². The molecule has 0 saturated heterocycles. The first-order valence-corrected chi connectivity index (χ1v) is 7.12. The van der Waals surface area contributed by atoms with Crippen molar-refractivity contribution in [1.29, 1.82) is 0 Å². The molecule has 2 aromatic heterocycles. The zero-order valence-corrected chi connectivity index (χ0v) is 12.2. The molecule has 1 unspecified atom stereocenters. The fourth-order valence-electron chi connectivity index (χ4n) is 1.52. The highest BCUT2D eigenvalue weighted by molar-refractivity contribution is 7.11. The van der Waals surface area contributed by atoms with Crippen molar-refractivity contribution in [1.82, 2.24) is 4.98 Å². The van der Waals surface area contributed by atoms with E-state index in [-0.39, 0.29) is 5.38 Å². The molecule has 2 aromatic rings. The van der Waals surface area contributed by atoms with Crippen LogP contribution in [0.2, 0.25) is 10.0 Å². The third-order valence-electron chi connectivity index (χ3n) is 2.47. The summed E-state index contributed by atoms with van der Waals surface area (Å²) < 4.78 is 0. The summed E-state index contributed by atoms with van der Waals surface area (Å²) in [5.74, 6) is 0. The van der Waals surface area contributed by atoms with Crippen LogP contribution in [0.5, 0.6) is 0 Å². The molecule has 0 amide bonds. The van der Waals surface area contributed by atoms with Gasteiger partial charge in [-0.25, -0.2) is 0 Å². The first-order valence-electron chi connectivity index (χ1n) is 5.05. The topological polar surface area (TPSA) is 12.9 Å². The second-order valence-electron chi connectivity index (χ2n) is 3.74. The summed E-state index contributed by atoms with van der Waals surface area (Å²) in [6.45, 7) is 1.98. The number of halogens is 3. The molecular weight excluding hydrogens is 297 g/mol. The quantitative estimate of drug-likeness (QED) is 0.703. The Kier molecular flexibility index (Phi) is 4.31. The van der Waals surface area contributed by atoms with Gasteiger partial charge in [-0.05, 0) is 35.9 Å². The largest absolute Gasteiger partial charge is 0.263 e. The number of hydrogen-bond acceptors (Lipinski definition) is 2. The summed E-state index contributed by atoms with van der Waals surface area (Å²) >= 11 is 20.2. The van der Waals surface area contributed by atoms with Crippen molar-refractivity contribution in [3.8, 4) is 0 Å². The molecule has 1 nitrogen and oxygen atoms in total. The second-order valence-corrected chi connectivity index (χ2v) is 5.96. The summed E-state index contributed by atoms with van der Waals surface area (Å²) in [5, 5.41) is 3.27. The SMILES string of the molecule is Cc1csc(C(Cl)Cc2ccncc2Cl)c1Cl. The molecule has 0 aliphatic carbocycles. The lowest BCUT2D eigenvalue weighted by atomic mass is 10.1. The van der Waals surface area contributed by atoms with Crippen molar-refractivity contribution in [2.45, 2.75) is 18.7 Å². The van der Waals surface area contributed by atoms with Gasteiger partial charge in [0, 0.05) is 17.3 Å². The lowest BCUT2D eigenvalue weighted by molar-refractivity contribution is 0.935. The van der Waals surface area contributed by atoms with Crippen LogP contribution < -0.4 is 0 Å². The average molecular weight is 307 g/mol. The fourth-order valence-corrected chi connectivity index (χ4v) is 3.50. The molecule has 5 heteroatoms. The Morgan fingerprint density at radius 2 is 2.18 bits per heavy atom. The Balaban J connectivity index is 2.20. The van der Waals surface area contributed by atoms with Gasteiger partial charge in [0.2, 0.25) is 0 Å². The molecule has 90 valence electrons. The van der Waals surface area contributed by atoms with E-state index in [1.165, 1.54) is 0 Å². The minimum Gasteiger partial charge on any atom is -0.263 e. The van der Waals surface area contributed by atoms with Crippen molar-refractivity contribution < 1.29 is 0 Å². The Morgan fingerprint density at radius 1 is 1.41 bits per heavy atom. The van der Waals surface area contributed by atoms with Gasteiger partial charge in [-0.15, -0.1) is 22.9 Å². The number of alkyl halides is 1. The molecule has 0 aliphatic heterocycles. The molecular formula is C12H10Cl3NS. The van der Waals surface area contributed by atoms with Crippen LogP contribution in [0.15, 0.2) is 23.8 Å². The van der Waals surface area contributed by atoms with Gasteiger partial charge in [0.25, 0.3) is 0 Å². The molecule has 0 aliphatic rings. The van der Waals surface area contributed by atoms with E-state index in [1.807, 2.05) is 18.4 Å². The molecule has 2 heterocycles. The normalized spacial score (nSPS) is 12.7. The van der Waals surface area contributed by atoms with Crippen LogP contribution in [0.4, 0.5) is 0 Å². The van der Waals surface area contributed by atoms with Gasteiger partial charge in [0.05, 0.1) is 15.4 Å². The number of aromatic nitrogens is 1. The average Bonchev–Trinajstić information content (AvgIpc) is 2.63. The lowest BCUT2D eigenvalue weighted by Crippen LogP contribution is -1.95. The highest BCUT2D eigenvalue weighted by atomic mass is 35.5. The van der Waals surface area contributed by atoms with E-state index in [0.29, 0.717) is 11.4 Å². The minimum absolute atomic E-state index is 0.152. The van der Waals surface area contributed by atoms with Crippen molar-refractivity contribution in [2.75, 3.05) is 0 Å². The van der Waals surface area contributed by atoms with Gasteiger partial charge in [0.15, 0.2) is 0 Å². The van der Waals surface area contributed by atoms with Crippen LogP contribution in [0.25, 0.3) is 0 Å². The van der Waals surface area contributed by atoms with E-state index in [4.69, 9.17) is 34.8 Å². The molecule has 0 aromatic carbocycles. The summed E-state index contributed by atoms with van der Waals surface area (Å²) in [6, 6.07) is 1.88. The molecule has 0 N–H and O–H groups in total. The van der Waals surface area contributed by atoms with Crippen LogP contribution in [-0.4, -0.2) is 4.98 Å². The van der Waals surface area contributed by atoms with E-state index in [0.717, 1.165) is 21.0 Å². The zero-order valence-electron chi connectivity index (χ0n) is 9.08. The zero-order chi connectivity index (χ0) is 12.4. The summed E-state index contributed by atoms with van der Waals surface area (Å²) in [6.07, 6.45) is 4.00. The summed E-state index contributed by atoms with van der Waals surface area (Å²) in [7, 11) is 0. The third kappa shape index (κ3) is 2.94. The molecule has 0 radical (unpaired) electrons. The van der Waals surface area contributed by atoms with E-state index < -0.39 is 0 Å². The lowest BCUT2D eigenvalue weighted by Gasteiger charge is -2.09. The number of pyridine rings is 1. The fraction of sp³-hybridized carbons (Fsp3) is 0.250. The predicted molar refractivity (Wildman–Crippen MR) is 75.6 cm³/mol. The Bertz CT molecular complexity index is 524. The maximum absolute atomic E-state index is 6.38. The Labute approximate surface area is 119 Å². The first-order chi connectivity index (χ1) is 8.09. The third-order valence-corrected chi connectivity index (χ3v) is 5.14. The molecule has 17 heavy (non-hydrogen) atoms. The molecule has 0 fully saturated rings. The predicted octanol–water partition coefficient (Wildman–Crippen LogP) is 5.28. The molecule has 0 bridgehead atoms. The minimum atomic E-state index is -0.152. The number of rotatable bonds is 3. The van der Waals surface area contributed by atoms with E-state index in [9.17, 15) is 0 Å². The Morgan fingerprint density at radius 3 is 2.76 bits per heavy atom. The van der Waals surface area contributed by atoms with Crippen molar-refractivity contribution in [3.05, 3.63) is 49.9 Å². The Hall–Kier alpha value is -0.280. The number of thiophene rings is 1. The van der Waals surface area contributed by atoms with Crippen molar-refractivity contribution in [3.63, 3.8) is 0 Å². The van der Waals surface area contributed by atoms with Gasteiger partial charge < -0.3 is 0 Å². The number of aryl methyl sites for hydroxylation is 1. The summed E-state index contributed by atoms with van der Waals surface area (Å²) in [5.41, 5.74) is 2.06. The maximum Gasteiger partial charge on any atom is 0.0734 e. The van der Waals surface area contributed by atoms with Crippen LogP contribution >= 0.6 is 46.1 Å². The molecule has 2 rings (SSSR count). The van der Waals surface area contributed by atoms with E-state index in [2.05, 4.69) is 4.98 Å². The summed E-state index contributed by atoms with van der Waals surface area (Å²) in [4.78, 5) is 4.95. The van der Waals surface area contributed by atoms with Gasteiger partial charge in [-0.1, -0.05) is 23.2 Å². The van der Waals surface area contributed by atoms with Crippen molar-refractivity contribution >= 4 is 46.1 Å². The molecule has 0 spiro atoms. The highest BCUT2D eigenvalue weighted by Crippen LogP contribution is 2.38. The standard InChI is InChI=1S/C12H10Cl3NS/c1-7-6-17-12(11(7)15)9(13)4-8-2-3-16-5-10(8)14/h2-3,5-6,9H,4H2,1H3. The molecule has 1 atom stereocenters. The van der Waals surface area contributed by atoms with Gasteiger partial charge in [-0.3, -0.25) is 4.98 Å². The van der Waals surface area contributed by atoms with E-state index in [1.54, 1.807) is 23.7 Å².